The van der Waals surface area contributed by atoms with Crippen molar-refractivity contribution < 1.29 is 9.13 Å². The van der Waals surface area contributed by atoms with Gasteiger partial charge in [-0.25, -0.2) is 9.37 Å². The molecule has 0 aliphatic rings. The quantitative estimate of drug-likeness (QED) is 0.900. The van der Waals surface area contributed by atoms with Crippen molar-refractivity contribution in [2.45, 2.75) is 32.9 Å². The van der Waals surface area contributed by atoms with Crippen molar-refractivity contribution in [2.24, 2.45) is 0 Å². The Morgan fingerprint density at radius 2 is 2.05 bits per heavy atom. The molecule has 0 fully saturated rings. The van der Waals surface area contributed by atoms with Crippen LogP contribution in [0.1, 0.15) is 26.5 Å². The van der Waals surface area contributed by atoms with Gasteiger partial charge in [0.25, 0.3) is 0 Å². The summed E-state index contributed by atoms with van der Waals surface area (Å²) in [5, 5.41) is 3.31. The third-order valence-corrected chi connectivity index (χ3v) is 3.06. The van der Waals surface area contributed by atoms with E-state index >= 15 is 0 Å². The molecular weight excluding hydrogens is 337 g/mol. The van der Waals surface area contributed by atoms with Crippen molar-refractivity contribution in [2.75, 3.05) is 0 Å². The SMILES string of the molecule is CC(C)(C)NCc1cncc(Oc2ccc(Br)cc2F)n1. The molecule has 0 aliphatic carbocycles. The van der Waals surface area contributed by atoms with Crippen LogP contribution in [0.25, 0.3) is 0 Å². The zero-order valence-electron chi connectivity index (χ0n) is 12.2. The van der Waals surface area contributed by atoms with Gasteiger partial charge in [-0.05, 0) is 39.0 Å². The molecule has 112 valence electrons. The zero-order valence-corrected chi connectivity index (χ0v) is 13.7. The van der Waals surface area contributed by atoms with Crippen LogP contribution < -0.4 is 10.1 Å². The predicted octanol–water partition coefficient (Wildman–Crippen LogP) is 4.06. The van der Waals surface area contributed by atoms with E-state index in [-0.39, 0.29) is 17.2 Å². The highest BCUT2D eigenvalue weighted by molar-refractivity contribution is 9.10. The number of halogens is 2. The van der Waals surface area contributed by atoms with E-state index in [1.54, 1.807) is 18.3 Å². The first-order valence-electron chi connectivity index (χ1n) is 6.52. The maximum absolute atomic E-state index is 13.7. The molecule has 2 rings (SSSR count). The van der Waals surface area contributed by atoms with Crippen LogP contribution in [0.5, 0.6) is 11.6 Å². The van der Waals surface area contributed by atoms with Crippen molar-refractivity contribution in [3.63, 3.8) is 0 Å². The summed E-state index contributed by atoms with van der Waals surface area (Å²) in [5.74, 6) is -0.0674. The Bertz CT molecular complexity index is 629. The van der Waals surface area contributed by atoms with Gasteiger partial charge in [0.1, 0.15) is 0 Å². The molecule has 4 nitrogen and oxygen atoms in total. The minimum Gasteiger partial charge on any atom is -0.434 e. The molecule has 1 aromatic carbocycles. The molecule has 0 saturated heterocycles. The lowest BCUT2D eigenvalue weighted by atomic mass is 10.1. The lowest BCUT2D eigenvalue weighted by Gasteiger charge is -2.20. The van der Waals surface area contributed by atoms with Crippen LogP contribution in [0, 0.1) is 5.82 Å². The van der Waals surface area contributed by atoms with Crippen LogP contribution in [0.15, 0.2) is 35.1 Å². The van der Waals surface area contributed by atoms with Gasteiger partial charge in [-0.2, -0.15) is 0 Å². The monoisotopic (exact) mass is 353 g/mol. The maximum Gasteiger partial charge on any atom is 0.238 e. The van der Waals surface area contributed by atoms with Gasteiger partial charge in [0.15, 0.2) is 11.6 Å². The normalized spacial score (nSPS) is 11.5. The van der Waals surface area contributed by atoms with Crippen molar-refractivity contribution in [3.05, 3.63) is 46.6 Å². The topological polar surface area (TPSA) is 47.0 Å². The van der Waals surface area contributed by atoms with E-state index in [2.05, 4.69) is 52.0 Å². The molecule has 0 radical (unpaired) electrons. The first-order valence-corrected chi connectivity index (χ1v) is 7.32. The van der Waals surface area contributed by atoms with Crippen LogP contribution in [0.4, 0.5) is 4.39 Å². The number of benzene rings is 1. The highest BCUT2D eigenvalue weighted by Gasteiger charge is 2.11. The molecule has 6 heteroatoms. The number of rotatable bonds is 4. The van der Waals surface area contributed by atoms with Gasteiger partial charge < -0.3 is 10.1 Å². The van der Waals surface area contributed by atoms with Crippen molar-refractivity contribution >= 4 is 15.9 Å². The van der Waals surface area contributed by atoms with Gasteiger partial charge in [0, 0.05) is 22.8 Å². The molecular formula is C15H17BrFN3O. The highest BCUT2D eigenvalue weighted by Crippen LogP contribution is 2.25. The average molecular weight is 354 g/mol. The van der Waals surface area contributed by atoms with E-state index in [0.29, 0.717) is 11.0 Å². The minimum absolute atomic E-state index is 0.0175. The Hall–Kier alpha value is -1.53. The average Bonchev–Trinajstić information content (AvgIpc) is 2.39. The zero-order chi connectivity index (χ0) is 15.5. The molecule has 0 amide bonds. The fourth-order valence-electron chi connectivity index (χ4n) is 1.55. The fourth-order valence-corrected chi connectivity index (χ4v) is 1.88. The van der Waals surface area contributed by atoms with Crippen LogP contribution in [0.3, 0.4) is 0 Å². The summed E-state index contributed by atoms with van der Waals surface area (Å²) in [7, 11) is 0. The third-order valence-electron chi connectivity index (χ3n) is 2.57. The maximum atomic E-state index is 13.7. The largest absolute Gasteiger partial charge is 0.434 e. The second kappa shape index (κ2) is 6.49. The third kappa shape index (κ3) is 5.06. The highest BCUT2D eigenvalue weighted by atomic mass is 79.9. The molecule has 0 bridgehead atoms. The van der Waals surface area contributed by atoms with Crippen LogP contribution in [-0.4, -0.2) is 15.5 Å². The van der Waals surface area contributed by atoms with Crippen molar-refractivity contribution in [1.29, 1.82) is 0 Å². The number of hydrogen-bond acceptors (Lipinski definition) is 4. The Labute approximate surface area is 131 Å². The van der Waals surface area contributed by atoms with Gasteiger partial charge in [-0.1, -0.05) is 15.9 Å². The van der Waals surface area contributed by atoms with Crippen molar-refractivity contribution in [1.82, 2.24) is 15.3 Å². The summed E-state index contributed by atoms with van der Waals surface area (Å²) in [5.41, 5.74) is 0.719. The van der Waals surface area contributed by atoms with Gasteiger partial charge in [-0.3, -0.25) is 4.98 Å². The van der Waals surface area contributed by atoms with Crippen molar-refractivity contribution in [3.8, 4) is 11.6 Å². The lowest BCUT2D eigenvalue weighted by Crippen LogP contribution is -2.35. The molecule has 1 heterocycles. The Balaban J connectivity index is 2.10. The summed E-state index contributed by atoms with van der Waals surface area (Å²) < 4.78 is 19.8. The Morgan fingerprint density at radius 3 is 2.71 bits per heavy atom. The standard InChI is InChI=1S/C15H17BrFN3O/c1-15(2,3)19-8-11-7-18-9-14(20-11)21-13-5-4-10(16)6-12(13)17/h4-7,9,19H,8H2,1-3H3. The number of nitrogens with one attached hydrogen (secondary N) is 1. The molecule has 0 aliphatic heterocycles. The van der Waals surface area contributed by atoms with E-state index in [9.17, 15) is 4.39 Å². The Kier molecular flexibility index (Phi) is 4.90. The molecule has 0 spiro atoms. The predicted molar refractivity (Wildman–Crippen MR) is 82.8 cm³/mol. The van der Waals surface area contributed by atoms with Gasteiger partial charge in [0.05, 0.1) is 11.9 Å². The summed E-state index contributed by atoms with van der Waals surface area (Å²) in [6.45, 7) is 6.77. The first-order chi connectivity index (χ1) is 9.83. The van der Waals surface area contributed by atoms with Gasteiger partial charge >= 0.3 is 0 Å². The second-order valence-electron chi connectivity index (χ2n) is 5.63. The first kappa shape index (κ1) is 15.9. The van der Waals surface area contributed by atoms with Crippen LogP contribution in [0.2, 0.25) is 0 Å². The molecule has 21 heavy (non-hydrogen) atoms. The molecule has 0 unspecified atom stereocenters. The van der Waals surface area contributed by atoms with E-state index in [0.717, 1.165) is 5.69 Å². The lowest BCUT2D eigenvalue weighted by molar-refractivity contribution is 0.407. The smallest absolute Gasteiger partial charge is 0.238 e. The van der Waals surface area contributed by atoms with E-state index in [1.165, 1.54) is 12.3 Å². The number of hydrogen-bond donors (Lipinski definition) is 1. The molecule has 1 N–H and O–H groups in total. The Morgan fingerprint density at radius 1 is 1.29 bits per heavy atom. The summed E-state index contributed by atoms with van der Waals surface area (Å²) in [6.07, 6.45) is 3.12. The van der Waals surface area contributed by atoms with Crippen LogP contribution >= 0.6 is 15.9 Å². The number of nitrogens with zero attached hydrogens (tertiary/aromatic N) is 2. The second-order valence-corrected chi connectivity index (χ2v) is 6.54. The minimum atomic E-state index is -0.454. The summed E-state index contributed by atoms with van der Waals surface area (Å²) in [6, 6.07) is 4.59. The fraction of sp³-hybridized carbons (Fsp3) is 0.333. The van der Waals surface area contributed by atoms with E-state index in [1.807, 2.05) is 0 Å². The van der Waals surface area contributed by atoms with Gasteiger partial charge in [-0.15, -0.1) is 0 Å². The van der Waals surface area contributed by atoms with E-state index < -0.39 is 5.82 Å². The molecule has 1 aromatic heterocycles. The summed E-state index contributed by atoms with van der Waals surface area (Å²) >= 11 is 3.20. The number of ether oxygens (including phenoxy) is 1. The number of aromatic nitrogens is 2. The van der Waals surface area contributed by atoms with E-state index in [4.69, 9.17) is 4.74 Å². The van der Waals surface area contributed by atoms with Gasteiger partial charge in [0.2, 0.25) is 5.88 Å². The molecule has 0 saturated carbocycles. The molecule has 0 atom stereocenters. The summed E-state index contributed by atoms with van der Waals surface area (Å²) in [4.78, 5) is 8.38. The van der Waals surface area contributed by atoms with Crippen LogP contribution in [-0.2, 0) is 6.54 Å². The molecule has 2 aromatic rings.